The zero-order valence-electron chi connectivity index (χ0n) is 18.2. The Hall–Kier alpha value is -2.68. The fraction of sp³-hybridized carbons (Fsp3) is 0.261. The van der Waals surface area contributed by atoms with Crippen LogP contribution in [0.1, 0.15) is 25.0 Å². The first-order chi connectivity index (χ1) is 15.8. The topological polar surface area (TPSA) is 73.7 Å². The monoisotopic (exact) mass is 507 g/mol. The van der Waals surface area contributed by atoms with Crippen LogP contribution in [0.4, 0.5) is 5.69 Å². The minimum absolute atomic E-state index is 0.0304. The molecule has 1 aliphatic rings. The SMILES string of the molecule is CCOc1nn(CC)cc1S(=O)(=O)N1CCOc2ccc(/C=C/c3c(Cl)cccc3Cl)cc21. The Morgan fingerprint density at radius 1 is 1.15 bits per heavy atom. The molecule has 0 N–H and O–H groups in total. The van der Waals surface area contributed by atoms with E-state index in [9.17, 15) is 8.42 Å². The summed E-state index contributed by atoms with van der Waals surface area (Å²) in [6.07, 6.45) is 5.12. The molecule has 1 aliphatic heterocycles. The number of aryl methyl sites for hydroxylation is 1. The third-order valence-electron chi connectivity index (χ3n) is 5.12. The number of nitrogens with zero attached hydrogens (tertiary/aromatic N) is 3. The van der Waals surface area contributed by atoms with E-state index in [1.807, 2.05) is 19.1 Å². The Kier molecular flexibility index (Phi) is 6.88. The second-order valence-electron chi connectivity index (χ2n) is 7.21. The molecule has 4 rings (SSSR count). The number of rotatable bonds is 7. The molecule has 3 aromatic rings. The van der Waals surface area contributed by atoms with Crippen LogP contribution in [0.5, 0.6) is 11.6 Å². The highest BCUT2D eigenvalue weighted by atomic mass is 35.5. The molecular formula is C23H23Cl2N3O4S. The lowest BCUT2D eigenvalue weighted by Gasteiger charge is -2.30. The van der Waals surface area contributed by atoms with E-state index in [1.54, 1.807) is 48.0 Å². The summed E-state index contributed by atoms with van der Waals surface area (Å²) in [5, 5.41) is 5.31. The number of hydrogen-bond acceptors (Lipinski definition) is 5. The normalized spacial score (nSPS) is 13.8. The van der Waals surface area contributed by atoms with Crippen LogP contribution in [-0.4, -0.2) is 38.0 Å². The van der Waals surface area contributed by atoms with Crippen molar-refractivity contribution in [2.24, 2.45) is 0 Å². The number of sulfonamides is 1. The molecule has 0 bridgehead atoms. The number of anilines is 1. The van der Waals surface area contributed by atoms with Crippen molar-refractivity contribution in [1.29, 1.82) is 0 Å². The van der Waals surface area contributed by atoms with Crippen LogP contribution in [0.2, 0.25) is 10.0 Å². The van der Waals surface area contributed by atoms with Gasteiger partial charge in [0.1, 0.15) is 12.4 Å². The van der Waals surface area contributed by atoms with Crippen molar-refractivity contribution >= 4 is 51.1 Å². The molecule has 1 aromatic heterocycles. The zero-order chi connectivity index (χ0) is 23.6. The molecule has 0 aliphatic carbocycles. The highest BCUT2D eigenvalue weighted by Crippen LogP contribution is 2.38. The van der Waals surface area contributed by atoms with Gasteiger partial charge >= 0.3 is 0 Å². The average Bonchev–Trinajstić information content (AvgIpc) is 3.22. The summed E-state index contributed by atoms with van der Waals surface area (Å²) >= 11 is 12.5. The van der Waals surface area contributed by atoms with E-state index in [0.29, 0.717) is 40.2 Å². The van der Waals surface area contributed by atoms with Crippen LogP contribution in [0.15, 0.2) is 47.5 Å². The maximum absolute atomic E-state index is 13.6. The summed E-state index contributed by atoms with van der Waals surface area (Å²) < 4.78 is 41.4. The van der Waals surface area contributed by atoms with Gasteiger partial charge in [-0.3, -0.25) is 8.99 Å². The minimum Gasteiger partial charge on any atom is -0.489 e. The fourth-order valence-electron chi connectivity index (χ4n) is 3.49. The molecule has 0 saturated heterocycles. The summed E-state index contributed by atoms with van der Waals surface area (Å²) in [4.78, 5) is 0.0304. The van der Waals surface area contributed by atoms with Crippen LogP contribution in [0.3, 0.4) is 0 Å². The quantitative estimate of drug-likeness (QED) is 0.402. The van der Waals surface area contributed by atoms with Crippen molar-refractivity contribution in [3.05, 3.63) is 63.8 Å². The number of ether oxygens (including phenoxy) is 2. The summed E-state index contributed by atoms with van der Waals surface area (Å²) in [5.74, 6) is 0.579. The van der Waals surface area contributed by atoms with E-state index in [1.165, 1.54) is 10.5 Å². The first kappa shape index (κ1) is 23.5. The lowest BCUT2D eigenvalue weighted by molar-refractivity contribution is 0.311. The standard InChI is InChI=1S/C23H23Cl2N3O4S/c1-3-27-15-22(23(26-27)31-4-2)33(29,30)28-12-13-32-21-11-9-16(14-20(21)28)8-10-17-18(24)6-5-7-19(17)25/h5-11,14-15H,3-4,12-13H2,1-2H3/b10-8+. The van der Waals surface area contributed by atoms with Gasteiger partial charge in [-0.25, -0.2) is 8.42 Å². The van der Waals surface area contributed by atoms with Crippen molar-refractivity contribution in [3.63, 3.8) is 0 Å². The summed E-state index contributed by atoms with van der Waals surface area (Å²) in [6.45, 7) is 4.91. The number of benzene rings is 2. The number of halogens is 2. The molecule has 174 valence electrons. The summed E-state index contributed by atoms with van der Waals surface area (Å²) in [6, 6.07) is 10.7. The molecule has 2 heterocycles. The fourth-order valence-corrected chi connectivity index (χ4v) is 5.55. The van der Waals surface area contributed by atoms with Crippen LogP contribution in [0.25, 0.3) is 12.2 Å². The molecule has 10 heteroatoms. The first-order valence-corrected chi connectivity index (χ1v) is 12.7. The van der Waals surface area contributed by atoms with Crippen molar-refractivity contribution in [3.8, 4) is 11.6 Å². The van der Waals surface area contributed by atoms with Gasteiger partial charge in [0.25, 0.3) is 15.9 Å². The number of fused-ring (bicyclic) bond motifs is 1. The molecule has 0 spiro atoms. The molecular weight excluding hydrogens is 485 g/mol. The van der Waals surface area contributed by atoms with E-state index < -0.39 is 10.0 Å². The smallest absolute Gasteiger partial charge is 0.271 e. The average molecular weight is 508 g/mol. The highest BCUT2D eigenvalue weighted by molar-refractivity contribution is 7.93. The second-order valence-corrected chi connectivity index (χ2v) is 9.85. The lowest BCUT2D eigenvalue weighted by atomic mass is 10.1. The highest BCUT2D eigenvalue weighted by Gasteiger charge is 2.34. The molecule has 7 nitrogen and oxygen atoms in total. The molecule has 0 saturated carbocycles. The minimum atomic E-state index is -3.94. The van der Waals surface area contributed by atoms with E-state index in [0.717, 1.165) is 5.56 Å². The molecule has 0 atom stereocenters. The van der Waals surface area contributed by atoms with Gasteiger partial charge in [0.2, 0.25) is 0 Å². The number of hydrogen-bond donors (Lipinski definition) is 0. The third-order valence-corrected chi connectivity index (χ3v) is 7.57. The molecule has 0 amide bonds. The molecule has 33 heavy (non-hydrogen) atoms. The van der Waals surface area contributed by atoms with Gasteiger partial charge in [-0.1, -0.05) is 47.5 Å². The van der Waals surface area contributed by atoms with Crippen molar-refractivity contribution in [2.75, 3.05) is 24.1 Å². The Labute approximate surface area is 203 Å². The van der Waals surface area contributed by atoms with Crippen molar-refractivity contribution in [1.82, 2.24) is 9.78 Å². The Morgan fingerprint density at radius 3 is 2.61 bits per heavy atom. The van der Waals surface area contributed by atoms with Crippen LogP contribution < -0.4 is 13.8 Å². The Morgan fingerprint density at radius 2 is 1.91 bits per heavy atom. The summed E-state index contributed by atoms with van der Waals surface area (Å²) in [5.41, 5.74) is 1.90. The van der Waals surface area contributed by atoms with Gasteiger partial charge in [-0.2, -0.15) is 0 Å². The van der Waals surface area contributed by atoms with Gasteiger partial charge in [-0.05, 0) is 43.7 Å². The van der Waals surface area contributed by atoms with Gasteiger partial charge in [0.15, 0.2) is 4.90 Å². The molecule has 0 radical (unpaired) electrons. The number of aromatic nitrogens is 2. The van der Waals surface area contributed by atoms with E-state index >= 15 is 0 Å². The first-order valence-electron chi connectivity index (χ1n) is 10.5. The van der Waals surface area contributed by atoms with Gasteiger partial charge < -0.3 is 9.47 Å². The molecule has 0 unspecified atom stereocenters. The van der Waals surface area contributed by atoms with E-state index in [4.69, 9.17) is 32.7 Å². The Balaban J connectivity index is 1.73. The van der Waals surface area contributed by atoms with Crippen LogP contribution in [0, 0.1) is 0 Å². The maximum Gasteiger partial charge on any atom is 0.271 e. The molecule has 2 aromatic carbocycles. The van der Waals surface area contributed by atoms with Gasteiger partial charge in [0.05, 0.1) is 18.8 Å². The molecule has 0 fully saturated rings. The predicted octanol–water partition coefficient (Wildman–Crippen LogP) is 5.37. The van der Waals surface area contributed by atoms with Crippen LogP contribution >= 0.6 is 23.2 Å². The van der Waals surface area contributed by atoms with Crippen molar-refractivity contribution < 1.29 is 17.9 Å². The lowest BCUT2D eigenvalue weighted by Crippen LogP contribution is -2.38. The van der Waals surface area contributed by atoms with Gasteiger partial charge in [0, 0.05) is 28.4 Å². The zero-order valence-corrected chi connectivity index (χ0v) is 20.5. The van der Waals surface area contributed by atoms with Gasteiger partial charge in [-0.15, -0.1) is 5.10 Å². The van der Waals surface area contributed by atoms with E-state index in [-0.39, 0.29) is 23.9 Å². The predicted molar refractivity (Wildman–Crippen MR) is 131 cm³/mol. The third kappa shape index (κ3) is 4.69. The largest absolute Gasteiger partial charge is 0.489 e. The summed E-state index contributed by atoms with van der Waals surface area (Å²) in [7, 11) is -3.94. The van der Waals surface area contributed by atoms with Crippen LogP contribution in [-0.2, 0) is 16.6 Å². The van der Waals surface area contributed by atoms with E-state index in [2.05, 4.69) is 5.10 Å². The van der Waals surface area contributed by atoms with Crippen molar-refractivity contribution in [2.45, 2.75) is 25.3 Å². The maximum atomic E-state index is 13.6. The Bertz CT molecular complexity index is 1280. The second kappa shape index (κ2) is 9.67.